The highest BCUT2D eigenvalue weighted by molar-refractivity contribution is 5.78. The fourth-order valence-electron chi connectivity index (χ4n) is 3.84. The van der Waals surface area contributed by atoms with Crippen LogP contribution in [-0.2, 0) is 11.3 Å². The molecule has 1 amide bonds. The fraction of sp³-hybridized carbons (Fsp3) is 0.364. The maximum Gasteiger partial charge on any atom is 0.260 e. The number of carbonyl (C=O) groups is 1. The molecule has 0 bridgehead atoms. The molecule has 1 aromatic heterocycles. The molecule has 28 heavy (non-hydrogen) atoms. The number of aromatic nitrogens is 2. The first-order valence-electron chi connectivity index (χ1n) is 9.69. The number of ether oxygens (including phenoxy) is 1. The maximum atomic E-state index is 13.6. The Morgan fingerprint density at radius 2 is 1.86 bits per heavy atom. The van der Waals surface area contributed by atoms with Gasteiger partial charge in [0.25, 0.3) is 5.91 Å². The van der Waals surface area contributed by atoms with E-state index in [1.165, 1.54) is 12.1 Å². The van der Waals surface area contributed by atoms with Crippen LogP contribution >= 0.6 is 0 Å². The number of aryl methyl sites for hydroxylation is 1. The van der Waals surface area contributed by atoms with Crippen molar-refractivity contribution in [2.45, 2.75) is 26.3 Å². The van der Waals surface area contributed by atoms with E-state index < -0.39 is 5.82 Å². The van der Waals surface area contributed by atoms with Gasteiger partial charge in [0.15, 0.2) is 18.2 Å². The Kier molecular flexibility index (Phi) is 5.28. The second-order valence-corrected chi connectivity index (χ2v) is 7.30. The van der Waals surface area contributed by atoms with Crippen molar-refractivity contribution in [2.75, 3.05) is 19.7 Å². The zero-order chi connectivity index (χ0) is 19.5. The zero-order valence-electron chi connectivity index (χ0n) is 16.0. The first-order chi connectivity index (χ1) is 13.6. The molecule has 1 fully saturated rings. The van der Waals surface area contributed by atoms with E-state index in [1.54, 1.807) is 12.1 Å². The lowest BCUT2D eigenvalue weighted by atomic mass is 9.96. The second kappa shape index (κ2) is 8.00. The molecule has 0 N–H and O–H groups in total. The summed E-state index contributed by atoms with van der Waals surface area (Å²) in [5, 5.41) is 0. The Bertz CT molecular complexity index is 977. The Morgan fingerprint density at radius 3 is 2.64 bits per heavy atom. The molecule has 1 aliphatic heterocycles. The molecule has 6 heteroatoms. The minimum absolute atomic E-state index is 0.0917. The first-order valence-corrected chi connectivity index (χ1v) is 9.69. The molecular weight excluding hydrogens is 357 g/mol. The van der Waals surface area contributed by atoms with Gasteiger partial charge in [-0.05, 0) is 49.9 Å². The predicted molar refractivity (Wildman–Crippen MR) is 106 cm³/mol. The minimum Gasteiger partial charge on any atom is -0.481 e. The number of nitrogens with zero attached hydrogens (tertiary/aromatic N) is 3. The van der Waals surface area contributed by atoms with Crippen LogP contribution in [0.1, 0.15) is 18.7 Å². The van der Waals surface area contributed by atoms with Crippen molar-refractivity contribution in [2.24, 2.45) is 5.92 Å². The van der Waals surface area contributed by atoms with Crippen molar-refractivity contribution < 1.29 is 13.9 Å². The summed E-state index contributed by atoms with van der Waals surface area (Å²) in [6.45, 7) is 4.24. The van der Waals surface area contributed by atoms with Crippen LogP contribution in [0.5, 0.6) is 5.75 Å². The largest absolute Gasteiger partial charge is 0.481 e. The third-order valence-electron chi connectivity index (χ3n) is 5.44. The molecule has 2 aromatic carbocycles. The van der Waals surface area contributed by atoms with Gasteiger partial charge in [-0.2, -0.15) is 0 Å². The lowest BCUT2D eigenvalue weighted by Gasteiger charge is -2.32. The molecule has 5 nitrogen and oxygen atoms in total. The molecule has 0 unspecified atom stereocenters. The van der Waals surface area contributed by atoms with Crippen LogP contribution in [0.2, 0.25) is 0 Å². The maximum absolute atomic E-state index is 13.6. The molecule has 1 aliphatic rings. The number of halogens is 1. The molecule has 0 saturated carbocycles. The normalized spacial score (nSPS) is 15.1. The third kappa shape index (κ3) is 3.86. The van der Waals surface area contributed by atoms with E-state index in [2.05, 4.69) is 15.6 Å². The van der Waals surface area contributed by atoms with Crippen molar-refractivity contribution in [3.63, 3.8) is 0 Å². The van der Waals surface area contributed by atoms with Crippen molar-refractivity contribution in [3.05, 3.63) is 60.2 Å². The summed E-state index contributed by atoms with van der Waals surface area (Å²) >= 11 is 0. The second-order valence-electron chi connectivity index (χ2n) is 7.30. The standard InChI is InChI=1S/C22H24FN3O2/c1-16-24-19-7-3-4-8-20(19)26(16)14-17-10-12-25(13-11-17)22(27)15-28-21-9-5-2-6-18(21)23/h2-9,17H,10-15H2,1H3. The van der Waals surface area contributed by atoms with Gasteiger partial charge in [0, 0.05) is 19.6 Å². The predicted octanol–water partition coefficient (Wildman–Crippen LogP) is 3.80. The third-order valence-corrected chi connectivity index (χ3v) is 5.44. The quantitative estimate of drug-likeness (QED) is 0.675. The van der Waals surface area contributed by atoms with Crippen LogP contribution in [0.15, 0.2) is 48.5 Å². The lowest BCUT2D eigenvalue weighted by molar-refractivity contribution is -0.134. The van der Waals surface area contributed by atoms with Crippen LogP contribution < -0.4 is 4.74 Å². The molecule has 0 radical (unpaired) electrons. The lowest BCUT2D eigenvalue weighted by Crippen LogP contribution is -2.41. The number of imidazole rings is 1. The van der Waals surface area contributed by atoms with Gasteiger partial charge in [-0.25, -0.2) is 9.37 Å². The number of rotatable bonds is 5. The van der Waals surface area contributed by atoms with Gasteiger partial charge in [-0.15, -0.1) is 0 Å². The molecule has 3 aromatic rings. The average Bonchev–Trinajstić information content (AvgIpc) is 3.03. The van der Waals surface area contributed by atoms with E-state index in [4.69, 9.17) is 4.74 Å². The Balaban J connectivity index is 1.31. The van der Waals surface area contributed by atoms with Gasteiger partial charge in [0.2, 0.25) is 0 Å². The number of likely N-dealkylation sites (tertiary alicyclic amines) is 1. The highest BCUT2D eigenvalue weighted by Gasteiger charge is 2.24. The van der Waals surface area contributed by atoms with Gasteiger partial charge in [0.1, 0.15) is 5.82 Å². The van der Waals surface area contributed by atoms with Crippen LogP contribution in [0.4, 0.5) is 4.39 Å². The van der Waals surface area contributed by atoms with Crippen molar-refractivity contribution in [3.8, 4) is 5.75 Å². The Hall–Kier alpha value is -2.89. The molecule has 2 heterocycles. The summed E-state index contributed by atoms with van der Waals surface area (Å²) in [6, 6.07) is 14.3. The molecule has 0 atom stereocenters. The summed E-state index contributed by atoms with van der Waals surface area (Å²) in [5.74, 6) is 1.11. The van der Waals surface area contributed by atoms with E-state index >= 15 is 0 Å². The molecule has 0 spiro atoms. The number of hydrogen-bond donors (Lipinski definition) is 0. The topological polar surface area (TPSA) is 47.4 Å². The highest BCUT2D eigenvalue weighted by atomic mass is 19.1. The summed E-state index contributed by atoms with van der Waals surface area (Å²) in [4.78, 5) is 18.8. The van der Waals surface area contributed by atoms with E-state index in [-0.39, 0.29) is 18.3 Å². The number of hydrogen-bond acceptors (Lipinski definition) is 3. The van der Waals surface area contributed by atoms with Gasteiger partial charge in [-0.3, -0.25) is 4.79 Å². The SMILES string of the molecule is Cc1nc2ccccc2n1CC1CCN(C(=O)COc2ccccc2F)CC1. The number of piperidine rings is 1. The zero-order valence-corrected chi connectivity index (χ0v) is 16.0. The van der Waals surface area contributed by atoms with Crippen LogP contribution in [0, 0.1) is 18.7 Å². The van der Waals surface area contributed by atoms with Crippen LogP contribution in [0.3, 0.4) is 0 Å². The van der Waals surface area contributed by atoms with E-state index in [0.29, 0.717) is 19.0 Å². The number of amides is 1. The number of benzene rings is 2. The molecule has 0 aliphatic carbocycles. The summed E-state index contributed by atoms with van der Waals surface area (Å²) in [7, 11) is 0. The first kappa shape index (κ1) is 18.5. The minimum atomic E-state index is -0.447. The molecule has 1 saturated heterocycles. The van der Waals surface area contributed by atoms with Crippen molar-refractivity contribution in [1.29, 1.82) is 0 Å². The van der Waals surface area contributed by atoms with Crippen molar-refractivity contribution >= 4 is 16.9 Å². The Morgan fingerprint density at radius 1 is 1.14 bits per heavy atom. The van der Waals surface area contributed by atoms with E-state index in [9.17, 15) is 9.18 Å². The van der Waals surface area contributed by atoms with Gasteiger partial charge < -0.3 is 14.2 Å². The smallest absolute Gasteiger partial charge is 0.260 e. The van der Waals surface area contributed by atoms with Crippen LogP contribution in [-0.4, -0.2) is 40.1 Å². The van der Waals surface area contributed by atoms with Gasteiger partial charge >= 0.3 is 0 Å². The van der Waals surface area contributed by atoms with Crippen molar-refractivity contribution in [1.82, 2.24) is 14.5 Å². The van der Waals surface area contributed by atoms with Gasteiger partial charge in [-0.1, -0.05) is 24.3 Å². The molecule has 4 rings (SSSR count). The molecule has 146 valence electrons. The number of carbonyl (C=O) groups excluding carboxylic acids is 1. The summed E-state index contributed by atoms with van der Waals surface area (Å²) in [6.07, 6.45) is 1.88. The van der Waals surface area contributed by atoms with Crippen LogP contribution in [0.25, 0.3) is 11.0 Å². The van der Waals surface area contributed by atoms with E-state index in [1.807, 2.05) is 30.0 Å². The fourth-order valence-corrected chi connectivity index (χ4v) is 3.84. The highest BCUT2D eigenvalue weighted by Crippen LogP contribution is 2.24. The Labute approximate surface area is 163 Å². The molecular formula is C22H24FN3O2. The summed E-state index contributed by atoms with van der Waals surface area (Å²) in [5.41, 5.74) is 2.19. The summed E-state index contributed by atoms with van der Waals surface area (Å²) < 4.78 is 21.2. The van der Waals surface area contributed by atoms with Gasteiger partial charge in [0.05, 0.1) is 11.0 Å². The average molecular weight is 381 g/mol. The monoisotopic (exact) mass is 381 g/mol. The number of fused-ring (bicyclic) bond motifs is 1. The number of para-hydroxylation sites is 3. The van der Waals surface area contributed by atoms with E-state index in [0.717, 1.165) is 36.2 Å².